The fourth-order valence-corrected chi connectivity index (χ4v) is 2.46. The molecule has 0 aliphatic heterocycles. The fraction of sp³-hybridized carbons (Fsp3) is 1.00. The first-order chi connectivity index (χ1) is 6.06. The lowest BCUT2D eigenvalue weighted by molar-refractivity contribution is 0.162. The zero-order chi connectivity index (χ0) is 9.90. The molecule has 1 atom stereocenters. The summed E-state index contributed by atoms with van der Waals surface area (Å²) in [6.45, 7) is 2.23. The Hall–Kier alpha value is -0.130. The van der Waals surface area contributed by atoms with E-state index in [1.54, 1.807) is 0 Å². The van der Waals surface area contributed by atoms with Gasteiger partial charge in [-0.25, -0.2) is 13.1 Å². The van der Waals surface area contributed by atoms with Gasteiger partial charge in [-0.05, 0) is 25.7 Å². The molecular weight excluding hydrogens is 190 g/mol. The molecule has 1 rings (SSSR count). The van der Waals surface area contributed by atoms with Crippen molar-refractivity contribution in [1.29, 1.82) is 0 Å². The Morgan fingerprint density at radius 2 is 2.15 bits per heavy atom. The minimum atomic E-state index is -3.05. The Morgan fingerprint density at radius 3 is 2.62 bits per heavy atom. The van der Waals surface area contributed by atoms with Gasteiger partial charge in [0.15, 0.2) is 0 Å². The van der Waals surface area contributed by atoms with Crippen LogP contribution in [0.4, 0.5) is 0 Å². The first-order valence-electron chi connectivity index (χ1n) is 4.73. The van der Waals surface area contributed by atoms with E-state index in [-0.39, 0.29) is 11.4 Å². The molecule has 0 saturated heterocycles. The highest BCUT2D eigenvalue weighted by Crippen LogP contribution is 2.27. The number of rotatable bonds is 6. The predicted octanol–water partition coefficient (Wildman–Crippen LogP) is 0.229. The third-order valence-electron chi connectivity index (χ3n) is 2.22. The van der Waals surface area contributed by atoms with E-state index in [4.69, 9.17) is 0 Å². The second-order valence-corrected chi connectivity index (χ2v) is 5.53. The van der Waals surface area contributed by atoms with Gasteiger partial charge in [-0.2, -0.15) is 0 Å². The van der Waals surface area contributed by atoms with Crippen molar-refractivity contribution >= 4 is 10.0 Å². The van der Waals surface area contributed by atoms with Crippen molar-refractivity contribution in [3.05, 3.63) is 0 Å². The highest BCUT2D eigenvalue weighted by atomic mass is 32.2. The number of hydrogen-bond donors (Lipinski definition) is 2. The van der Waals surface area contributed by atoms with Crippen LogP contribution in [0, 0.1) is 0 Å². The molecule has 4 nitrogen and oxygen atoms in total. The van der Waals surface area contributed by atoms with Crippen LogP contribution in [0.3, 0.4) is 0 Å². The quantitative estimate of drug-likeness (QED) is 0.655. The van der Waals surface area contributed by atoms with Crippen LogP contribution >= 0.6 is 0 Å². The number of aliphatic hydroxyl groups is 1. The van der Waals surface area contributed by atoms with Crippen molar-refractivity contribution in [2.24, 2.45) is 0 Å². The van der Waals surface area contributed by atoms with Gasteiger partial charge in [-0.3, -0.25) is 0 Å². The number of hydrogen-bond acceptors (Lipinski definition) is 3. The van der Waals surface area contributed by atoms with Gasteiger partial charge in [0.05, 0.1) is 11.4 Å². The van der Waals surface area contributed by atoms with E-state index in [0.29, 0.717) is 19.4 Å². The van der Waals surface area contributed by atoms with Crippen molar-refractivity contribution in [2.75, 3.05) is 6.54 Å². The summed E-state index contributed by atoms with van der Waals surface area (Å²) in [7, 11) is -3.05. The predicted molar refractivity (Wildman–Crippen MR) is 50.9 cm³/mol. The number of aliphatic hydroxyl groups excluding tert-OH is 1. The molecule has 13 heavy (non-hydrogen) atoms. The van der Waals surface area contributed by atoms with Crippen molar-refractivity contribution in [2.45, 2.75) is 44.0 Å². The van der Waals surface area contributed by atoms with Gasteiger partial charge in [-0.15, -0.1) is 0 Å². The Bertz CT molecular complexity index is 246. The molecule has 0 aromatic carbocycles. The summed E-state index contributed by atoms with van der Waals surface area (Å²) in [6, 6.07) is 0. The standard InChI is InChI=1S/C8H17NO3S/c1-2-7(10)5-6-9-13(11,12)8-3-4-8/h7-10H,2-6H2,1H3. The van der Waals surface area contributed by atoms with Crippen LogP contribution in [0.2, 0.25) is 0 Å². The zero-order valence-corrected chi connectivity index (χ0v) is 8.68. The van der Waals surface area contributed by atoms with E-state index >= 15 is 0 Å². The summed E-state index contributed by atoms with van der Waals surface area (Å²) in [4.78, 5) is 0. The lowest BCUT2D eigenvalue weighted by Crippen LogP contribution is -2.29. The normalized spacial score (nSPS) is 20.2. The van der Waals surface area contributed by atoms with E-state index in [9.17, 15) is 13.5 Å². The molecule has 1 fully saturated rings. The molecule has 0 spiro atoms. The number of nitrogens with one attached hydrogen (secondary N) is 1. The summed E-state index contributed by atoms with van der Waals surface area (Å²) in [5.74, 6) is 0. The van der Waals surface area contributed by atoms with Gasteiger partial charge in [0.1, 0.15) is 0 Å². The summed E-state index contributed by atoms with van der Waals surface area (Å²) in [5, 5.41) is 9.01. The molecule has 1 aliphatic carbocycles. The highest BCUT2D eigenvalue weighted by Gasteiger charge is 2.35. The largest absolute Gasteiger partial charge is 0.393 e. The highest BCUT2D eigenvalue weighted by molar-refractivity contribution is 7.90. The van der Waals surface area contributed by atoms with Gasteiger partial charge < -0.3 is 5.11 Å². The third-order valence-corrected chi connectivity index (χ3v) is 4.17. The Labute approximate surface area is 79.4 Å². The Balaban J connectivity index is 2.18. The minimum absolute atomic E-state index is 0.161. The smallest absolute Gasteiger partial charge is 0.214 e. The molecule has 1 unspecified atom stereocenters. The maximum Gasteiger partial charge on any atom is 0.214 e. The van der Waals surface area contributed by atoms with Gasteiger partial charge in [0.25, 0.3) is 0 Å². The van der Waals surface area contributed by atoms with Crippen molar-refractivity contribution in [1.82, 2.24) is 4.72 Å². The summed E-state index contributed by atoms with van der Waals surface area (Å²) < 4.78 is 25.0. The average molecular weight is 207 g/mol. The second kappa shape index (κ2) is 4.39. The van der Waals surface area contributed by atoms with E-state index in [1.165, 1.54) is 0 Å². The molecule has 0 amide bonds. The van der Waals surface area contributed by atoms with Crippen LogP contribution in [-0.2, 0) is 10.0 Å². The molecule has 0 aromatic rings. The van der Waals surface area contributed by atoms with Crippen LogP contribution in [0.5, 0.6) is 0 Å². The van der Waals surface area contributed by atoms with Gasteiger partial charge in [0, 0.05) is 6.54 Å². The topological polar surface area (TPSA) is 66.4 Å². The summed E-state index contributed by atoms with van der Waals surface area (Å²) >= 11 is 0. The summed E-state index contributed by atoms with van der Waals surface area (Å²) in [5.41, 5.74) is 0. The van der Waals surface area contributed by atoms with E-state index in [1.807, 2.05) is 6.92 Å². The minimum Gasteiger partial charge on any atom is -0.393 e. The van der Waals surface area contributed by atoms with Crippen LogP contribution in [0.1, 0.15) is 32.6 Å². The lowest BCUT2D eigenvalue weighted by Gasteiger charge is -2.08. The Kier molecular flexibility index (Phi) is 3.70. The van der Waals surface area contributed by atoms with Gasteiger partial charge >= 0.3 is 0 Å². The molecule has 5 heteroatoms. The zero-order valence-electron chi connectivity index (χ0n) is 7.86. The van der Waals surface area contributed by atoms with Crippen LogP contribution in [-0.4, -0.2) is 31.4 Å². The molecule has 2 N–H and O–H groups in total. The average Bonchev–Trinajstić information content (AvgIpc) is 2.85. The monoisotopic (exact) mass is 207 g/mol. The SMILES string of the molecule is CCC(O)CCNS(=O)(=O)C1CC1. The fourth-order valence-electron chi connectivity index (χ4n) is 1.07. The molecule has 1 aliphatic rings. The van der Waals surface area contributed by atoms with Crippen molar-refractivity contribution < 1.29 is 13.5 Å². The molecule has 0 aromatic heterocycles. The van der Waals surface area contributed by atoms with Crippen LogP contribution in [0.15, 0.2) is 0 Å². The maximum absolute atomic E-state index is 11.3. The third kappa shape index (κ3) is 3.62. The van der Waals surface area contributed by atoms with Crippen LogP contribution < -0.4 is 4.72 Å². The van der Waals surface area contributed by atoms with Crippen molar-refractivity contribution in [3.63, 3.8) is 0 Å². The van der Waals surface area contributed by atoms with E-state index in [2.05, 4.69) is 4.72 Å². The molecular formula is C8H17NO3S. The van der Waals surface area contributed by atoms with Crippen molar-refractivity contribution in [3.8, 4) is 0 Å². The molecule has 0 heterocycles. The van der Waals surface area contributed by atoms with Crippen LogP contribution in [0.25, 0.3) is 0 Å². The molecule has 1 saturated carbocycles. The lowest BCUT2D eigenvalue weighted by atomic mass is 10.2. The molecule has 0 radical (unpaired) electrons. The molecule has 78 valence electrons. The first kappa shape index (κ1) is 10.9. The van der Waals surface area contributed by atoms with E-state index in [0.717, 1.165) is 12.8 Å². The van der Waals surface area contributed by atoms with Gasteiger partial charge in [-0.1, -0.05) is 6.92 Å². The number of sulfonamides is 1. The summed E-state index contributed by atoms with van der Waals surface area (Å²) in [6.07, 6.45) is 2.35. The second-order valence-electron chi connectivity index (χ2n) is 3.49. The first-order valence-corrected chi connectivity index (χ1v) is 6.27. The maximum atomic E-state index is 11.3. The molecule has 0 bridgehead atoms. The van der Waals surface area contributed by atoms with Gasteiger partial charge in [0.2, 0.25) is 10.0 Å². The van der Waals surface area contributed by atoms with E-state index < -0.39 is 10.0 Å². The Morgan fingerprint density at radius 1 is 1.54 bits per heavy atom.